The Morgan fingerprint density at radius 3 is 2.00 bits per heavy atom. The van der Waals surface area contributed by atoms with Crippen molar-refractivity contribution in [3.8, 4) is 0 Å². The van der Waals surface area contributed by atoms with Crippen LogP contribution in [0.25, 0.3) is 0 Å². The standard InChI is InChI=1S/C3H5Cl3N2O2/c4-3(5,6)1(9)2(7)8-10/h1,9-10H,(H2,7,8). The van der Waals surface area contributed by atoms with E-state index in [9.17, 15) is 0 Å². The smallest absolute Gasteiger partial charge is 0.223 e. The third-order valence-corrected chi connectivity index (χ3v) is 1.33. The van der Waals surface area contributed by atoms with Crippen molar-refractivity contribution in [2.75, 3.05) is 0 Å². The van der Waals surface area contributed by atoms with Gasteiger partial charge in [-0.25, -0.2) is 0 Å². The molecule has 60 valence electrons. The molecule has 7 heteroatoms. The lowest BCUT2D eigenvalue weighted by atomic mass is 10.4. The number of nitrogens with zero attached hydrogens (tertiary/aromatic N) is 1. The summed E-state index contributed by atoms with van der Waals surface area (Å²) < 4.78 is -1.96. The van der Waals surface area contributed by atoms with Gasteiger partial charge in [0.05, 0.1) is 0 Å². The van der Waals surface area contributed by atoms with Crippen molar-refractivity contribution in [3.63, 3.8) is 0 Å². The van der Waals surface area contributed by atoms with E-state index < -0.39 is 15.7 Å². The molecule has 0 aliphatic carbocycles. The molecule has 0 bridgehead atoms. The molecule has 4 N–H and O–H groups in total. The molecule has 0 spiro atoms. The normalized spacial score (nSPS) is 17.0. The zero-order valence-corrected chi connectivity index (χ0v) is 6.90. The van der Waals surface area contributed by atoms with E-state index in [4.69, 9.17) is 50.9 Å². The third-order valence-electron chi connectivity index (χ3n) is 0.706. The molecule has 1 atom stereocenters. The molecule has 0 aromatic heterocycles. The van der Waals surface area contributed by atoms with Gasteiger partial charge in [-0.2, -0.15) is 0 Å². The summed E-state index contributed by atoms with van der Waals surface area (Å²) in [5.41, 5.74) is 4.90. The highest BCUT2D eigenvalue weighted by Crippen LogP contribution is 2.30. The number of nitrogens with two attached hydrogens (primary N) is 1. The summed E-state index contributed by atoms with van der Waals surface area (Å²) in [6.07, 6.45) is -1.59. The van der Waals surface area contributed by atoms with Gasteiger partial charge in [0.15, 0.2) is 11.9 Å². The molecule has 0 heterocycles. The summed E-state index contributed by atoms with van der Waals surface area (Å²) in [4.78, 5) is 0. The average molecular weight is 207 g/mol. The van der Waals surface area contributed by atoms with E-state index in [0.717, 1.165) is 0 Å². The highest BCUT2D eigenvalue weighted by Gasteiger charge is 2.34. The third kappa shape index (κ3) is 2.79. The van der Waals surface area contributed by atoms with Gasteiger partial charge < -0.3 is 16.0 Å². The Kier molecular flexibility index (Phi) is 3.51. The van der Waals surface area contributed by atoms with Crippen molar-refractivity contribution < 1.29 is 10.3 Å². The maximum atomic E-state index is 8.84. The number of halogens is 3. The first-order valence-electron chi connectivity index (χ1n) is 2.11. The zero-order chi connectivity index (χ0) is 8.36. The molecule has 4 nitrogen and oxygen atoms in total. The number of aliphatic hydroxyl groups is 1. The molecule has 0 fully saturated rings. The number of hydrogen-bond acceptors (Lipinski definition) is 3. The Hall–Kier alpha value is 0.1000. The molecule has 0 aromatic rings. The molecule has 0 saturated carbocycles. The highest BCUT2D eigenvalue weighted by molar-refractivity contribution is 6.68. The van der Waals surface area contributed by atoms with Crippen molar-refractivity contribution in [2.24, 2.45) is 10.9 Å². The van der Waals surface area contributed by atoms with Crippen LogP contribution in [-0.4, -0.2) is 26.0 Å². The van der Waals surface area contributed by atoms with Gasteiger partial charge in [-0.05, 0) is 0 Å². The quantitative estimate of drug-likeness (QED) is 0.192. The van der Waals surface area contributed by atoms with E-state index in [0.29, 0.717) is 0 Å². The molecule has 1 unspecified atom stereocenters. The van der Waals surface area contributed by atoms with E-state index in [2.05, 4.69) is 5.16 Å². The molecular formula is C3H5Cl3N2O2. The van der Waals surface area contributed by atoms with E-state index in [1.807, 2.05) is 0 Å². The molecule has 10 heavy (non-hydrogen) atoms. The maximum absolute atomic E-state index is 8.84. The summed E-state index contributed by atoms with van der Waals surface area (Å²) in [5.74, 6) is -0.542. The first-order valence-corrected chi connectivity index (χ1v) is 3.25. The fraction of sp³-hybridized carbons (Fsp3) is 0.667. The average Bonchev–Trinajstić information content (AvgIpc) is 1.83. The second kappa shape index (κ2) is 3.48. The summed E-state index contributed by atoms with van der Waals surface area (Å²) in [7, 11) is 0. The largest absolute Gasteiger partial charge is 0.409 e. The van der Waals surface area contributed by atoms with Crippen molar-refractivity contribution in [1.82, 2.24) is 0 Å². The minimum Gasteiger partial charge on any atom is -0.409 e. The van der Waals surface area contributed by atoms with Crippen molar-refractivity contribution in [2.45, 2.75) is 9.90 Å². The van der Waals surface area contributed by atoms with Crippen LogP contribution in [-0.2, 0) is 0 Å². The Balaban J connectivity index is 4.23. The Bertz CT molecular complexity index is 143. The van der Waals surface area contributed by atoms with Gasteiger partial charge in [0.25, 0.3) is 0 Å². The van der Waals surface area contributed by atoms with Gasteiger partial charge in [0, 0.05) is 0 Å². The van der Waals surface area contributed by atoms with Crippen molar-refractivity contribution in [1.29, 1.82) is 0 Å². The molecule has 0 amide bonds. The Morgan fingerprint density at radius 2 is 1.90 bits per heavy atom. The van der Waals surface area contributed by atoms with Crippen molar-refractivity contribution >= 4 is 40.6 Å². The molecule has 0 aliphatic heterocycles. The van der Waals surface area contributed by atoms with Gasteiger partial charge >= 0.3 is 0 Å². The monoisotopic (exact) mass is 206 g/mol. The molecule has 0 aromatic carbocycles. The predicted octanol–water partition coefficient (Wildman–Crippen LogP) is 0.464. The molecule has 0 radical (unpaired) electrons. The summed E-state index contributed by atoms with van der Waals surface area (Å²) >= 11 is 15.5. The van der Waals surface area contributed by atoms with Crippen LogP contribution < -0.4 is 5.73 Å². The summed E-state index contributed by atoms with van der Waals surface area (Å²) in [5, 5.41) is 19.3. The number of amidine groups is 1. The number of hydrogen-bond donors (Lipinski definition) is 3. The minimum atomic E-state index is -1.96. The Morgan fingerprint density at radius 1 is 1.50 bits per heavy atom. The fourth-order valence-electron chi connectivity index (χ4n) is 0.222. The molecular weight excluding hydrogens is 202 g/mol. The lowest BCUT2D eigenvalue weighted by molar-refractivity contribution is 0.232. The molecule has 0 saturated heterocycles. The Labute approximate surface area is 72.2 Å². The number of oxime groups is 1. The van der Waals surface area contributed by atoms with Gasteiger partial charge in [-0.15, -0.1) is 0 Å². The van der Waals surface area contributed by atoms with E-state index in [-0.39, 0.29) is 0 Å². The van der Waals surface area contributed by atoms with E-state index in [1.165, 1.54) is 0 Å². The predicted molar refractivity (Wildman–Crippen MR) is 39.7 cm³/mol. The maximum Gasteiger partial charge on any atom is 0.223 e. The number of alkyl halides is 3. The van der Waals surface area contributed by atoms with Crippen LogP contribution in [0.4, 0.5) is 0 Å². The zero-order valence-electron chi connectivity index (χ0n) is 4.63. The van der Waals surface area contributed by atoms with Crippen LogP contribution in [0.2, 0.25) is 0 Å². The SMILES string of the molecule is N/C(=N\O)C(O)C(Cl)(Cl)Cl. The van der Waals surface area contributed by atoms with Crippen LogP contribution in [0.15, 0.2) is 5.16 Å². The van der Waals surface area contributed by atoms with Gasteiger partial charge in [-0.3, -0.25) is 0 Å². The van der Waals surface area contributed by atoms with Gasteiger partial charge in [0.2, 0.25) is 3.79 Å². The number of aliphatic hydroxyl groups excluding tert-OH is 1. The lowest BCUT2D eigenvalue weighted by Crippen LogP contribution is -2.39. The fourth-order valence-corrected chi connectivity index (χ4v) is 0.558. The summed E-state index contributed by atoms with van der Waals surface area (Å²) in [6, 6.07) is 0. The first kappa shape index (κ1) is 10.1. The van der Waals surface area contributed by atoms with E-state index in [1.54, 1.807) is 0 Å². The molecule has 0 rings (SSSR count). The summed E-state index contributed by atoms with van der Waals surface area (Å²) in [6.45, 7) is 0. The van der Waals surface area contributed by atoms with Crippen LogP contribution >= 0.6 is 34.8 Å². The second-order valence-corrected chi connectivity index (χ2v) is 3.84. The van der Waals surface area contributed by atoms with Crippen LogP contribution in [0.5, 0.6) is 0 Å². The second-order valence-electron chi connectivity index (χ2n) is 1.47. The van der Waals surface area contributed by atoms with E-state index >= 15 is 0 Å². The van der Waals surface area contributed by atoms with Crippen molar-refractivity contribution in [3.05, 3.63) is 0 Å². The van der Waals surface area contributed by atoms with Gasteiger partial charge in [-0.1, -0.05) is 40.0 Å². The molecule has 0 aliphatic rings. The minimum absolute atomic E-state index is 0.542. The topological polar surface area (TPSA) is 78.8 Å². The van der Waals surface area contributed by atoms with Crippen LogP contribution in [0, 0.1) is 0 Å². The number of rotatable bonds is 1. The van der Waals surface area contributed by atoms with Crippen LogP contribution in [0.3, 0.4) is 0 Å². The lowest BCUT2D eigenvalue weighted by Gasteiger charge is -2.16. The van der Waals surface area contributed by atoms with Gasteiger partial charge in [0.1, 0.15) is 0 Å². The van der Waals surface area contributed by atoms with Crippen LogP contribution in [0.1, 0.15) is 0 Å². The first-order chi connectivity index (χ1) is 4.39. The highest BCUT2D eigenvalue weighted by atomic mass is 35.6.